The van der Waals surface area contributed by atoms with Crippen LogP contribution in [0.3, 0.4) is 0 Å². The Kier molecular flexibility index (Phi) is 3.41. The third-order valence-corrected chi connectivity index (χ3v) is 4.37. The number of carbonyl (C=O) groups excluding carboxylic acids is 1. The summed E-state index contributed by atoms with van der Waals surface area (Å²) >= 11 is 5.83. The van der Waals surface area contributed by atoms with Crippen LogP contribution in [0.4, 0.5) is 0 Å². The van der Waals surface area contributed by atoms with Crippen molar-refractivity contribution in [3.63, 3.8) is 0 Å². The molecule has 18 heavy (non-hydrogen) atoms. The van der Waals surface area contributed by atoms with Gasteiger partial charge in [-0.05, 0) is 27.7 Å². The third-order valence-electron chi connectivity index (χ3n) is 3.70. The Morgan fingerprint density at radius 1 is 1.28 bits per heavy atom. The van der Waals surface area contributed by atoms with Crippen molar-refractivity contribution in [1.29, 1.82) is 0 Å². The van der Waals surface area contributed by atoms with Gasteiger partial charge in [-0.2, -0.15) is 0 Å². The van der Waals surface area contributed by atoms with E-state index in [1.54, 1.807) is 0 Å². The lowest BCUT2D eigenvalue weighted by Gasteiger charge is -2.55. The first kappa shape index (κ1) is 14.1. The normalized spacial score (nSPS) is 25.9. The largest absolute Gasteiger partial charge is 0.350 e. The molecule has 2 heterocycles. The van der Waals surface area contributed by atoms with Gasteiger partial charge in [-0.25, -0.2) is 0 Å². The van der Waals surface area contributed by atoms with Gasteiger partial charge in [-0.3, -0.25) is 4.79 Å². The Morgan fingerprint density at radius 2 is 1.78 bits per heavy atom. The summed E-state index contributed by atoms with van der Waals surface area (Å²) in [6, 6.07) is 0. The molecule has 1 amide bonds. The zero-order valence-corrected chi connectivity index (χ0v) is 12.3. The van der Waals surface area contributed by atoms with E-state index in [9.17, 15) is 4.79 Å². The second-order valence-electron chi connectivity index (χ2n) is 6.66. The topological polar surface area (TPSA) is 38.8 Å². The summed E-state index contributed by atoms with van der Waals surface area (Å²) in [7, 11) is 0. The number of ether oxygens (including phenoxy) is 2. The number of hydrogen-bond acceptors (Lipinski definition) is 3. The van der Waals surface area contributed by atoms with Crippen LogP contribution in [0, 0.1) is 10.8 Å². The van der Waals surface area contributed by atoms with Gasteiger partial charge in [0.25, 0.3) is 0 Å². The maximum atomic E-state index is 12.2. The Balaban J connectivity index is 1.89. The van der Waals surface area contributed by atoms with Gasteiger partial charge in [0.2, 0.25) is 5.91 Å². The van der Waals surface area contributed by atoms with Gasteiger partial charge in [-0.1, -0.05) is 0 Å². The molecular weight excluding hydrogens is 254 g/mol. The zero-order valence-electron chi connectivity index (χ0n) is 11.6. The van der Waals surface area contributed by atoms with Crippen LogP contribution < -0.4 is 0 Å². The average molecular weight is 276 g/mol. The molecular formula is C13H22ClNO3. The summed E-state index contributed by atoms with van der Waals surface area (Å²) < 4.78 is 11.4. The maximum Gasteiger partial charge on any atom is 0.229 e. The number of amides is 1. The molecule has 4 nitrogen and oxygen atoms in total. The van der Waals surface area contributed by atoms with E-state index in [1.807, 2.05) is 32.6 Å². The summed E-state index contributed by atoms with van der Waals surface area (Å²) in [5, 5.41) is 0. The first-order valence-corrected chi connectivity index (χ1v) is 6.87. The number of carbonyl (C=O) groups is 1. The first-order valence-electron chi connectivity index (χ1n) is 6.33. The fourth-order valence-electron chi connectivity index (χ4n) is 2.31. The molecule has 0 N–H and O–H groups in total. The Bertz CT molecular complexity index is 336. The number of halogens is 1. The lowest BCUT2D eigenvalue weighted by atomic mass is 9.78. The minimum Gasteiger partial charge on any atom is -0.350 e. The highest BCUT2D eigenvalue weighted by atomic mass is 35.5. The second kappa shape index (κ2) is 4.36. The van der Waals surface area contributed by atoms with Crippen LogP contribution >= 0.6 is 11.6 Å². The lowest BCUT2D eigenvalue weighted by Crippen LogP contribution is -2.67. The molecule has 2 aliphatic heterocycles. The SMILES string of the molecule is CC1(C)OCC2(CO1)CN(C(=O)C(C)(C)CCl)C2. The highest BCUT2D eigenvalue weighted by Gasteiger charge is 2.51. The van der Waals surface area contributed by atoms with Crippen molar-refractivity contribution in [1.82, 2.24) is 4.90 Å². The Labute approximate surface area is 114 Å². The maximum absolute atomic E-state index is 12.2. The van der Waals surface area contributed by atoms with E-state index in [2.05, 4.69) is 0 Å². The van der Waals surface area contributed by atoms with Crippen molar-refractivity contribution in [3.8, 4) is 0 Å². The van der Waals surface area contributed by atoms with Crippen molar-refractivity contribution < 1.29 is 14.3 Å². The molecule has 2 rings (SSSR count). The van der Waals surface area contributed by atoms with Crippen molar-refractivity contribution in [2.24, 2.45) is 10.8 Å². The van der Waals surface area contributed by atoms with Crippen LogP contribution in [0.2, 0.25) is 0 Å². The number of hydrogen-bond donors (Lipinski definition) is 0. The van der Waals surface area contributed by atoms with Crippen LogP contribution in [0.25, 0.3) is 0 Å². The highest BCUT2D eigenvalue weighted by molar-refractivity contribution is 6.19. The van der Waals surface area contributed by atoms with E-state index >= 15 is 0 Å². The van der Waals surface area contributed by atoms with Gasteiger partial charge >= 0.3 is 0 Å². The summed E-state index contributed by atoms with van der Waals surface area (Å²) in [6.07, 6.45) is 0. The average Bonchev–Trinajstić information content (AvgIpc) is 2.26. The van der Waals surface area contributed by atoms with Crippen LogP contribution in [-0.2, 0) is 14.3 Å². The molecule has 0 aromatic carbocycles. The molecule has 2 aliphatic rings. The van der Waals surface area contributed by atoms with E-state index in [0.717, 1.165) is 0 Å². The van der Waals surface area contributed by atoms with E-state index in [-0.39, 0.29) is 11.3 Å². The molecule has 0 unspecified atom stereocenters. The minimum atomic E-state index is -0.495. The number of nitrogens with zero attached hydrogens (tertiary/aromatic N) is 1. The molecule has 0 aromatic rings. The van der Waals surface area contributed by atoms with Crippen LogP contribution in [0.15, 0.2) is 0 Å². The Hall–Kier alpha value is -0.320. The molecule has 0 saturated carbocycles. The van der Waals surface area contributed by atoms with Crippen LogP contribution in [0.5, 0.6) is 0 Å². The summed E-state index contributed by atoms with van der Waals surface area (Å²) in [5.41, 5.74) is -0.494. The van der Waals surface area contributed by atoms with Crippen molar-refractivity contribution in [2.75, 3.05) is 32.2 Å². The predicted octanol–water partition coefficient (Wildman–Crippen LogP) is 1.86. The molecule has 2 fully saturated rings. The molecule has 0 radical (unpaired) electrons. The van der Waals surface area contributed by atoms with Gasteiger partial charge in [0, 0.05) is 19.0 Å². The highest BCUT2D eigenvalue weighted by Crippen LogP contribution is 2.39. The Morgan fingerprint density at radius 3 is 2.22 bits per heavy atom. The van der Waals surface area contributed by atoms with Gasteiger partial charge in [0.05, 0.1) is 24.0 Å². The number of rotatable bonds is 2. The second-order valence-corrected chi connectivity index (χ2v) is 6.92. The standard InChI is InChI=1S/C13H22ClNO3/c1-11(2,5-14)10(16)15-6-13(7-15)8-17-12(3,4)18-9-13/h5-9H2,1-4H3. The van der Waals surface area contributed by atoms with Crippen molar-refractivity contribution in [2.45, 2.75) is 33.5 Å². The smallest absolute Gasteiger partial charge is 0.229 e. The molecule has 0 aliphatic carbocycles. The lowest BCUT2D eigenvalue weighted by molar-refractivity contribution is -0.303. The molecule has 0 atom stereocenters. The fraction of sp³-hybridized carbons (Fsp3) is 0.923. The summed E-state index contributed by atoms with van der Waals surface area (Å²) in [6.45, 7) is 10.3. The van der Waals surface area contributed by atoms with E-state index in [0.29, 0.717) is 32.2 Å². The molecule has 1 spiro atoms. The molecule has 5 heteroatoms. The van der Waals surface area contributed by atoms with E-state index < -0.39 is 11.2 Å². The van der Waals surface area contributed by atoms with Crippen LogP contribution in [-0.4, -0.2) is 48.8 Å². The first-order chi connectivity index (χ1) is 8.20. The van der Waals surface area contributed by atoms with Gasteiger partial charge in [0.1, 0.15) is 0 Å². The summed E-state index contributed by atoms with van der Waals surface area (Å²) in [4.78, 5) is 14.0. The molecule has 2 saturated heterocycles. The predicted molar refractivity (Wildman–Crippen MR) is 69.5 cm³/mol. The third kappa shape index (κ3) is 2.51. The monoisotopic (exact) mass is 275 g/mol. The van der Waals surface area contributed by atoms with E-state index in [4.69, 9.17) is 21.1 Å². The van der Waals surface area contributed by atoms with Crippen molar-refractivity contribution in [3.05, 3.63) is 0 Å². The van der Waals surface area contributed by atoms with Crippen LogP contribution in [0.1, 0.15) is 27.7 Å². The minimum absolute atomic E-state index is 0.00638. The quantitative estimate of drug-likeness (QED) is 0.722. The van der Waals surface area contributed by atoms with Gasteiger partial charge < -0.3 is 14.4 Å². The zero-order chi connectivity index (χ0) is 13.6. The molecule has 104 valence electrons. The summed E-state index contributed by atoms with van der Waals surface area (Å²) in [5.74, 6) is -0.0338. The van der Waals surface area contributed by atoms with E-state index in [1.165, 1.54) is 0 Å². The molecule has 0 aromatic heterocycles. The van der Waals surface area contributed by atoms with Gasteiger partial charge in [0.15, 0.2) is 5.79 Å². The molecule has 0 bridgehead atoms. The number of likely N-dealkylation sites (tertiary alicyclic amines) is 1. The van der Waals surface area contributed by atoms with Gasteiger partial charge in [-0.15, -0.1) is 11.6 Å². The number of alkyl halides is 1. The fourth-order valence-corrected chi connectivity index (χ4v) is 2.43. The van der Waals surface area contributed by atoms with Crippen molar-refractivity contribution >= 4 is 17.5 Å².